The number of hydrogen-bond donors (Lipinski definition) is 1. The first kappa shape index (κ1) is 34.2. The summed E-state index contributed by atoms with van der Waals surface area (Å²) < 4.78 is 38.3. The van der Waals surface area contributed by atoms with Crippen LogP contribution in [-0.4, -0.2) is 74.2 Å². The molecule has 1 fully saturated rings. The summed E-state index contributed by atoms with van der Waals surface area (Å²) in [5.74, 6) is -2.40. The van der Waals surface area contributed by atoms with Crippen LogP contribution in [0.1, 0.15) is 41.0 Å². The summed E-state index contributed by atoms with van der Waals surface area (Å²) in [7, 11) is 3.97. The molecule has 1 unspecified atom stereocenters. The number of methoxy groups -OCH3 is 1. The first-order valence-corrected chi connectivity index (χ1v) is 16.1. The Morgan fingerprint density at radius 2 is 1.63 bits per heavy atom. The van der Waals surface area contributed by atoms with Gasteiger partial charge in [0, 0.05) is 75.5 Å². The molecule has 1 saturated heterocycles. The smallest absolute Gasteiger partial charge is 0.346 e. The minimum atomic E-state index is -1.02. The van der Waals surface area contributed by atoms with Gasteiger partial charge in [-0.15, -0.1) is 0 Å². The average molecular weight is 715 g/mol. The van der Waals surface area contributed by atoms with E-state index in [-0.39, 0.29) is 33.2 Å². The molecule has 256 valence electrons. The maximum atomic E-state index is 15.6. The Bertz CT molecular complexity index is 2150. The van der Waals surface area contributed by atoms with Crippen molar-refractivity contribution < 1.29 is 23.1 Å². The van der Waals surface area contributed by atoms with Gasteiger partial charge < -0.3 is 15.0 Å². The van der Waals surface area contributed by atoms with E-state index in [0.29, 0.717) is 47.9 Å². The van der Waals surface area contributed by atoms with Crippen LogP contribution in [0.5, 0.6) is 5.88 Å². The van der Waals surface area contributed by atoms with Gasteiger partial charge >= 0.3 is 5.69 Å². The highest BCUT2D eigenvalue weighted by Crippen LogP contribution is 2.47. The molecule has 12 nitrogen and oxygen atoms in total. The number of halogens is 4. The van der Waals surface area contributed by atoms with Crippen LogP contribution in [0.25, 0.3) is 22.4 Å². The van der Waals surface area contributed by atoms with Gasteiger partial charge in [-0.1, -0.05) is 23.2 Å². The van der Waals surface area contributed by atoms with Crippen LogP contribution < -0.4 is 21.3 Å². The molecule has 1 atom stereocenters. The molecule has 0 saturated carbocycles. The number of carbonyl (C=O) groups excluding carboxylic acids is 2. The molecule has 16 heteroatoms. The standard InChI is InChI=1S/C33H31Cl2F2N7O5/c1-16(45)43-11-13-44(14-12-43)23-10-5-17-15-22(39-31(49-4)24(17)23)18-6-7-19(36)25(27(18)34)26-20(37)8-9-21(28(26)35)38-30(46)29-32(47)41(2)33(48)42(3)40-29/h6-9,15,23H,5,10-14H2,1-4H3,(H,38,46). The normalized spacial score (nSPS) is 16.1. The topological polar surface area (TPSA) is 132 Å². The molecule has 4 aromatic rings. The quantitative estimate of drug-likeness (QED) is 0.315. The molecule has 2 amide bonds. The van der Waals surface area contributed by atoms with Crippen molar-refractivity contribution in [3.63, 3.8) is 0 Å². The number of nitrogens with zero attached hydrogens (tertiary/aromatic N) is 6. The van der Waals surface area contributed by atoms with Gasteiger partial charge in [-0.05, 0) is 48.7 Å². The lowest BCUT2D eigenvalue weighted by atomic mass is 9.98. The van der Waals surface area contributed by atoms with Crippen molar-refractivity contribution in [1.29, 1.82) is 0 Å². The summed E-state index contributed by atoms with van der Waals surface area (Å²) in [6.07, 6.45) is 1.54. The molecular weight excluding hydrogens is 683 g/mol. The number of aromatic nitrogens is 4. The van der Waals surface area contributed by atoms with Gasteiger partial charge in [0.2, 0.25) is 17.5 Å². The number of rotatable bonds is 6. The second-order valence-corrected chi connectivity index (χ2v) is 12.6. The van der Waals surface area contributed by atoms with Gasteiger partial charge in [0.1, 0.15) is 11.6 Å². The van der Waals surface area contributed by atoms with Crippen LogP contribution in [0, 0.1) is 11.6 Å². The maximum absolute atomic E-state index is 15.6. The zero-order chi connectivity index (χ0) is 35.3. The number of carbonyl (C=O) groups is 2. The molecule has 2 aliphatic rings. The van der Waals surface area contributed by atoms with E-state index in [9.17, 15) is 19.2 Å². The molecular formula is C33H31Cl2F2N7O5. The number of benzene rings is 2. The Balaban J connectivity index is 1.36. The van der Waals surface area contributed by atoms with Crippen LogP contribution in [-0.2, 0) is 25.3 Å². The summed E-state index contributed by atoms with van der Waals surface area (Å²) in [5, 5.41) is 5.57. The van der Waals surface area contributed by atoms with Crippen LogP contribution in [0.15, 0.2) is 39.9 Å². The first-order valence-electron chi connectivity index (χ1n) is 15.3. The van der Waals surface area contributed by atoms with E-state index in [0.717, 1.165) is 46.8 Å². The van der Waals surface area contributed by atoms with Crippen molar-refractivity contribution in [2.24, 2.45) is 14.1 Å². The fourth-order valence-electron chi connectivity index (χ4n) is 6.47. The van der Waals surface area contributed by atoms with Gasteiger partial charge in [0.05, 0.1) is 28.5 Å². The first-order chi connectivity index (χ1) is 23.3. The Morgan fingerprint density at radius 3 is 2.29 bits per heavy atom. The molecule has 1 aliphatic heterocycles. The highest BCUT2D eigenvalue weighted by Gasteiger charge is 2.35. The fourth-order valence-corrected chi connectivity index (χ4v) is 7.11. The third-order valence-electron chi connectivity index (χ3n) is 9.02. The molecule has 0 bridgehead atoms. The zero-order valence-electron chi connectivity index (χ0n) is 26.9. The number of piperazine rings is 1. The second-order valence-electron chi connectivity index (χ2n) is 11.8. The third-order valence-corrected chi connectivity index (χ3v) is 9.80. The van der Waals surface area contributed by atoms with Crippen molar-refractivity contribution in [3.8, 4) is 28.3 Å². The van der Waals surface area contributed by atoms with E-state index < -0.39 is 40.0 Å². The van der Waals surface area contributed by atoms with E-state index in [4.69, 9.17) is 32.9 Å². The number of nitrogens with one attached hydrogen (secondary N) is 1. The van der Waals surface area contributed by atoms with Crippen molar-refractivity contribution in [2.45, 2.75) is 25.8 Å². The van der Waals surface area contributed by atoms with Crippen LogP contribution in [0.3, 0.4) is 0 Å². The Morgan fingerprint density at radius 1 is 0.980 bits per heavy atom. The Hall–Kier alpha value is -4.66. The predicted octanol–water partition coefficient (Wildman–Crippen LogP) is 4.21. The molecule has 2 aromatic heterocycles. The SMILES string of the molecule is COc1nc(-c2ccc(F)c(-c3c(F)ccc(NC(=O)c4nn(C)c(=O)n(C)c4=O)c3Cl)c2Cl)cc2c1C(N1CCN(C(C)=O)CC1)CC2. The average Bonchev–Trinajstić information content (AvgIpc) is 3.52. The van der Waals surface area contributed by atoms with Crippen molar-refractivity contribution in [2.75, 3.05) is 38.6 Å². The molecule has 0 radical (unpaired) electrons. The molecule has 2 aromatic carbocycles. The Kier molecular flexibility index (Phi) is 9.31. The third kappa shape index (κ3) is 6.08. The summed E-state index contributed by atoms with van der Waals surface area (Å²) >= 11 is 13.4. The summed E-state index contributed by atoms with van der Waals surface area (Å²) in [6.45, 7) is 4.26. The van der Waals surface area contributed by atoms with Crippen molar-refractivity contribution >= 4 is 40.7 Å². The van der Waals surface area contributed by atoms with E-state index in [1.807, 2.05) is 11.0 Å². The minimum absolute atomic E-state index is 0.0434. The highest BCUT2D eigenvalue weighted by molar-refractivity contribution is 6.39. The number of amides is 2. The monoisotopic (exact) mass is 713 g/mol. The van der Waals surface area contributed by atoms with E-state index in [2.05, 4.69) is 15.3 Å². The number of fused-ring (bicyclic) bond motifs is 1. The number of pyridine rings is 1. The van der Waals surface area contributed by atoms with Gasteiger partial charge in [-0.3, -0.25) is 23.9 Å². The number of hydrogen-bond acceptors (Lipinski definition) is 8. The van der Waals surface area contributed by atoms with Crippen molar-refractivity contribution in [3.05, 3.63) is 89.7 Å². The lowest BCUT2D eigenvalue weighted by Crippen LogP contribution is -2.48. The van der Waals surface area contributed by atoms with Gasteiger partial charge in [0.25, 0.3) is 11.5 Å². The number of aryl methyl sites for hydroxylation is 2. The summed E-state index contributed by atoms with van der Waals surface area (Å²) in [4.78, 5) is 58.3. The lowest BCUT2D eigenvalue weighted by Gasteiger charge is -2.38. The Labute approximate surface area is 288 Å². The lowest BCUT2D eigenvalue weighted by molar-refractivity contribution is -0.130. The van der Waals surface area contributed by atoms with Crippen LogP contribution >= 0.6 is 23.2 Å². The molecule has 6 rings (SSSR count). The van der Waals surface area contributed by atoms with Crippen LogP contribution in [0.4, 0.5) is 14.5 Å². The summed E-state index contributed by atoms with van der Waals surface area (Å²) in [5.41, 5.74) is -0.671. The molecule has 3 heterocycles. The van der Waals surface area contributed by atoms with E-state index >= 15 is 8.78 Å². The minimum Gasteiger partial charge on any atom is -0.481 e. The molecule has 49 heavy (non-hydrogen) atoms. The maximum Gasteiger partial charge on any atom is 0.346 e. The van der Waals surface area contributed by atoms with Gasteiger partial charge in [-0.2, -0.15) is 5.10 Å². The number of ether oxygens (including phenoxy) is 1. The molecule has 1 N–H and O–H groups in total. The molecule has 1 aliphatic carbocycles. The second kappa shape index (κ2) is 13.3. The van der Waals surface area contributed by atoms with E-state index in [1.165, 1.54) is 27.3 Å². The zero-order valence-corrected chi connectivity index (χ0v) is 28.5. The van der Waals surface area contributed by atoms with Crippen molar-refractivity contribution in [1.82, 2.24) is 29.1 Å². The predicted molar refractivity (Wildman–Crippen MR) is 179 cm³/mol. The van der Waals surface area contributed by atoms with Gasteiger partial charge in [-0.25, -0.2) is 23.2 Å². The highest BCUT2D eigenvalue weighted by atomic mass is 35.5. The molecule has 0 spiro atoms. The van der Waals surface area contributed by atoms with E-state index in [1.54, 1.807) is 6.92 Å². The fraction of sp³-hybridized carbons (Fsp3) is 0.333. The largest absolute Gasteiger partial charge is 0.481 e. The van der Waals surface area contributed by atoms with Crippen LogP contribution in [0.2, 0.25) is 10.0 Å². The number of anilines is 1. The van der Waals surface area contributed by atoms with Gasteiger partial charge in [0.15, 0.2) is 0 Å². The summed E-state index contributed by atoms with van der Waals surface area (Å²) in [6, 6.07) is 6.57.